The number of carbonyl (C=O) groups excluding carboxylic acids is 1. The van der Waals surface area contributed by atoms with Gasteiger partial charge in [0, 0.05) is 0 Å². The van der Waals surface area contributed by atoms with E-state index in [9.17, 15) is 4.79 Å². The molecule has 0 aliphatic rings. The Hall–Kier alpha value is -0.0500. The summed E-state index contributed by atoms with van der Waals surface area (Å²) in [5.41, 5.74) is 0.0256. The summed E-state index contributed by atoms with van der Waals surface area (Å²) in [6.45, 7) is 8.03. The Kier molecular flexibility index (Phi) is 4.08. The van der Waals surface area contributed by atoms with E-state index in [1.165, 1.54) is 0 Å². The Bertz CT molecular complexity index is 138. The molecule has 0 spiro atoms. The second-order valence-electron chi connectivity index (χ2n) is 3.63. The van der Waals surface area contributed by atoms with Crippen LogP contribution in [0.1, 0.15) is 27.7 Å². The monoisotopic (exact) mass is 222 g/mol. The SMILES string of the molecule is C[C@@H](OC(=O)CBr)C(C)(C)C. The van der Waals surface area contributed by atoms with E-state index >= 15 is 0 Å². The maximum absolute atomic E-state index is 10.8. The van der Waals surface area contributed by atoms with Crippen molar-refractivity contribution in [1.82, 2.24) is 0 Å². The first-order valence-electron chi connectivity index (χ1n) is 3.63. The van der Waals surface area contributed by atoms with Crippen molar-refractivity contribution >= 4 is 21.9 Å². The molecule has 2 nitrogen and oxygen atoms in total. The highest BCUT2D eigenvalue weighted by Crippen LogP contribution is 2.21. The molecule has 66 valence electrons. The number of esters is 1. The van der Waals surface area contributed by atoms with Gasteiger partial charge in [0.2, 0.25) is 0 Å². The van der Waals surface area contributed by atoms with Crippen LogP contribution in [0.3, 0.4) is 0 Å². The minimum Gasteiger partial charge on any atom is -0.461 e. The summed E-state index contributed by atoms with van der Waals surface area (Å²) in [7, 11) is 0. The summed E-state index contributed by atoms with van der Waals surface area (Å²) in [5.74, 6) is -0.201. The van der Waals surface area contributed by atoms with Crippen LogP contribution in [0.4, 0.5) is 0 Å². The molecular formula is C8H15BrO2. The zero-order valence-electron chi connectivity index (χ0n) is 7.48. The van der Waals surface area contributed by atoms with Crippen LogP contribution in [0.15, 0.2) is 0 Å². The number of hydrogen-bond donors (Lipinski definition) is 0. The summed E-state index contributed by atoms with van der Waals surface area (Å²) in [4.78, 5) is 10.8. The van der Waals surface area contributed by atoms with E-state index in [0.717, 1.165) is 0 Å². The standard InChI is InChI=1S/C8H15BrO2/c1-6(8(2,3)4)11-7(10)5-9/h6H,5H2,1-4H3/t6-/m1/s1. The molecule has 0 heterocycles. The third-order valence-electron chi connectivity index (χ3n) is 1.64. The summed E-state index contributed by atoms with van der Waals surface area (Å²) in [6.07, 6.45) is -0.0347. The molecular weight excluding hydrogens is 208 g/mol. The van der Waals surface area contributed by atoms with Crippen LogP contribution in [0.2, 0.25) is 0 Å². The van der Waals surface area contributed by atoms with Crippen molar-refractivity contribution in [3.05, 3.63) is 0 Å². The Labute approximate surface area is 76.4 Å². The molecule has 0 N–H and O–H groups in total. The lowest BCUT2D eigenvalue weighted by molar-refractivity contribution is -0.149. The molecule has 11 heavy (non-hydrogen) atoms. The highest BCUT2D eigenvalue weighted by molar-refractivity contribution is 9.09. The summed E-state index contributed by atoms with van der Waals surface area (Å²) in [6, 6.07) is 0. The van der Waals surface area contributed by atoms with E-state index in [1.54, 1.807) is 0 Å². The molecule has 0 aliphatic carbocycles. The molecule has 0 fully saturated rings. The number of alkyl halides is 1. The third-order valence-corrected chi connectivity index (χ3v) is 2.09. The van der Waals surface area contributed by atoms with E-state index in [1.807, 2.05) is 27.7 Å². The van der Waals surface area contributed by atoms with Crippen LogP contribution < -0.4 is 0 Å². The van der Waals surface area contributed by atoms with Crippen LogP contribution in [0, 0.1) is 5.41 Å². The Morgan fingerprint density at radius 2 is 2.00 bits per heavy atom. The number of hydrogen-bond acceptors (Lipinski definition) is 2. The minimum atomic E-state index is -0.201. The van der Waals surface area contributed by atoms with Crippen molar-refractivity contribution in [1.29, 1.82) is 0 Å². The van der Waals surface area contributed by atoms with Gasteiger partial charge in [0.15, 0.2) is 0 Å². The maximum atomic E-state index is 10.8. The molecule has 0 aromatic carbocycles. The molecule has 1 atom stereocenters. The van der Waals surface area contributed by atoms with E-state index < -0.39 is 0 Å². The molecule has 0 aromatic rings. The molecule has 0 aromatic heterocycles. The second kappa shape index (κ2) is 4.10. The molecule has 0 amide bonds. The number of rotatable bonds is 2. The van der Waals surface area contributed by atoms with Crippen molar-refractivity contribution < 1.29 is 9.53 Å². The van der Waals surface area contributed by atoms with Gasteiger partial charge in [-0.1, -0.05) is 36.7 Å². The van der Waals surface area contributed by atoms with E-state index in [4.69, 9.17) is 4.74 Å². The van der Waals surface area contributed by atoms with Crippen molar-refractivity contribution in [3.8, 4) is 0 Å². The zero-order valence-corrected chi connectivity index (χ0v) is 9.06. The smallest absolute Gasteiger partial charge is 0.316 e. The van der Waals surface area contributed by atoms with Gasteiger partial charge in [-0.3, -0.25) is 4.79 Å². The fraction of sp³-hybridized carbons (Fsp3) is 0.875. The van der Waals surface area contributed by atoms with E-state index in [2.05, 4.69) is 15.9 Å². The summed E-state index contributed by atoms with van der Waals surface area (Å²) < 4.78 is 5.08. The molecule has 0 radical (unpaired) electrons. The topological polar surface area (TPSA) is 26.3 Å². The van der Waals surface area contributed by atoms with Gasteiger partial charge in [-0.15, -0.1) is 0 Å². The highest BCUT2D eigenvalue weighted by atomic mass is 79.9. The normalized spacial score (nSPS) is 14.3. The molecule has 0 aliphatic heterocycles. The highest BCUT2D eigenvalue weighted by Gasteiger charge is 2.22. The van der Waals surface area contributed by atoms with Gasteiger partial charge >= 0.3 is 5.97 Å². The van der Waals surface area contributed by atoms with Gasteiger partial charge in [0.05, 0.1) is 0 Å². The quantitative estimate of drug-likeness (QED) is 0.530. The van der Waals surface area contributed by atoms with Crippen molar-refractivity contribution in [3.63, 3.8) is 0 Å². The van der Waals surface area contributed by atoms with Gasteiger partial charge in [0.25, 0.3) is 0 Å². The number of ether oxygens (including phenoxy) is 1. The molecule has 3 heteroatoms. The van der Waals surface area contributed by atoms with E-state index in [0.29, 0.717) is 0 Å². The second-order valence-corrected chi connectivity index (χ2v) is 4.19. The number of halogens is 1. The van der Waals surface area contributed by atoms with Gasteiger partial charge in [-0.05, 0) is 12.3 Å². The zero-order chi connectivity index (χ0) is 9.07. The fourth-order valence-electron chi connectivity index (χ4n) is 0.405. The predicted octanol–water partition coefficient (Wildman–Crippen LogP) is 2.36. The lowest BCUT2D eigenvalue weighted by atomic mass is 9.90. The van der Waals surface area contributed by atoms with Crippen LogP contribution >= 0.6 is 15.9 Å². The van der Waals surface area contributed by atoms with Crippen molar-refractivity contribution in [2.45, 2.75) is 33.8 Å². The first kappa shape index (κ1) is 11.0. The average Bonchev–Trinajstić information content (AvgIpc) is 1.85. The van der Waals surface area contributed by atoms with Crippen LogP contribution in [0.5, 0.6) is 0 Å². The van der Waals surface area contributed by atoms with Gasteiger partial charge in [0.1, 0.15) is 11.4 Å². The number of carbonyl (C=O) groups is 1. The lowest BCUT2D eigenvalue weighted by Gasteiger charge is -2.26. The van der Waals surface area contributed by atoms with Gasteiger partial charge in [-0.2, -0.15) is 0 Å². The van der Waals surface area contributed by atoms with Gasteiger partial charge in [-0.25, -0.2) is 0 Å². The molecule has 0 unspecified atom stereocenters. The molecule has 0 rings (SSSR count). The van der Waals surface area contributed by atoms with Crippen molar-refractivity contribution in [2.24, 2.45) is 5.41 Å². The Balaban J connectivity index is 3.87. The first-order chi connectivity index (χ1) is 4.88. The van der Waals surface area contributed by atoms with Crippen molar-refractivity contribution in [2.75, 3.05) is 5.33 Å². The summed E-state index contributed by atoms with van der Waals surface area (Å²) >= 11 is 3.04. The molecule has 0 saturated carbocycles. The van der Waals surface area contributed by atoms with Crippen LogP contribution in [-0.2, 0) is 9.53 Å². The first-order valence-corrected chi connectivity index (χ1v) is 4.75. The van der Waals surface area contributed by atoms with Crippen LogP contribution in [0.25, 0.3) is 0 Å². The molecule has 0 bridgehead atoms. The summed E-state index contributed by atoms with van der Waals surface area (Å²) in [5, 5.41) is 0.271. The fourth-order valence-corrected chi connectivity index (χ4v) is 0.538. The average molecular weight is 223 g/mol. The van der Waals surface area contributed by atoms with E-state index in [-0.39, 0.29) is 22.8 Å². The Morgan fingerprint density at radius 3 is 2.27 bits per heavy atom. The lowest BCUT2D eigenvalue weighted by Crippen LogP contribution is -2.29. The third kappa shape index (κ3) is 4.40. The largest absolute Gasteiger partial charge is 0.461 e. The predicted molar refractivity (Wildman–Crippen MR) is 48.8 cm³/mol. The molecule has 0 saturated heterocycles. The maximum Gasteiger partial charge on any atom is 0.316 e. The van der Waals surface area contributed by atoms with Crippen LogP contribution in [-0.4, -0.2) is 17.4 Å². The van der Waals surface area contributed by atoms with Gasteiger partial charge < -0.3 is 4.74 Å². The minimum absolute atomic E-state index is 0.0256. The Morgan fingerprint density at radius 1 is 1.55 bits per heavy atom.